The van der Waals surface area contributed by atoms with Crippen molar-refractivity contribution in [2.75, 3.05) is 0 Å². The zero-order valence-corrected chi connectivity index (χ0v) is 18.0. The van der Waals surface area contributed by atoms with Crippen LogP contribution in [0.5, 0.6) is 0 Å². The van der Waals surface area contributed by atoms with Crippen LogP contribution in [0.2, 0.25) is 0 Å². The number of benzene rings is 1. The van der Waals surface area contributed by atoms with E-state index < -0.39 is 0 Å². The first-order chi connectivity index (χ1) is 12.7. The fourth-order valence-electron chi connectivity index (χ4n) is 2.64. The Labute approximate surface area is 163 Å². The van der Waals surface area contributed by atoms with E-state index in [-0.39, 0.29) is 0 Å². The first kappa shape index (κ1) is 25.9. The molecule has 0 nitrogen and oxygen atoms in total. The first-order valence-electron chi connectivity index (χ1n) is 9.73. The van der Waals surface area contributed by atoms with Gasteiger partial charge in [0, 0.05) is 0 Å². The molecular formula is C26H38. The Bertz CT molecular complexity index is 649. The third kappa shape index (κ3) is 6.52. The summed E-state index contributed by atoms with van der Waals surface area (Å²) in [7, 11) is 0. The normalized spacial score (nSPS) is 10.3. The van der Waals surface area contributed by atoms with Gasteiger partial charge in [0.1, 0.15) is 0 Å². The quantitative estimate of drug-likeness (QED) is 0.460. The largest absolute Gasteiger partial charge is 0.0984 e. The summed E-state index contributed by atoms with van der Waals surface area (Å²) in [5, 5.41) is 0. The van der Waals surface area contributed by atoms with E-state index >= 15 is 0 Å². The molecular weight excluding hydrogens is 312 g/mol. The van der Waals surface area contributed by atoms with Gasteiger partial charge in [-0.15, -0.1) is 0 Å². The van der Waals surface area contributed by atoms with Gasteiger partial charge in [0.05, 0.1) is 0 Å². The highest BCUT2D eigenvalue weighted by atomic mass is 14.2. The molecule has 1 aromatic rings. The minimum atomic E-state index is 0.992. The van der Waals surface area contributed by atoms with E-state index in [1.165, 1.54) is 5.56 Å². The maximum Gasteiger partial charge on any atom is -0.0103 e. The predicted octanol–water partition coefficient (Wildman–Crippen LogP) is 9.16. The molecule has 0 spiro atoms. The van der Waals surface area contributed by atoms with Gasteiger partial charge in [0.15, 0.2) is 0 Å². The third-order valence-corrected chi connectivity index (χ3v) is 3.54. The van der Waals surface area contributed by atoms with Crippen molar-refractivity contribution < 1.29 is 0 Å². The van der Waals surface area contributed by atoms with Crippen LogP contribution in [-0.2, 0) is 0 Å². The van der Waals surface area contributed by atoms with Crippen LogP contribution in [-0.4, -0.2) is 0 Å². The molecule has 0 aromatic heterocycles. The highest BCUT2D eigenvalue weighted by Crippen LogP contribution is 2.34. The Hall–Kier alpha value is -2.34. The summed E-state index contributed by atoms with van der Waals surface area (Å²) in [6, 6.07) is 0. The molecule has 142 valence electrons. The highest BCUT2D eigenvalue weighted by molar-refractivity contribution is 5.89. The molecule has 26 heavy (non-hydrogen) atoms. The molecule has 0 heteroatoms. The maximum absolute atomic E-state index is 4.02. The highest BCUT2D eigenvalue weighted by Gasteiger charge is 2.15. The summed E-state index contributed by atoms with van der Waals surface area (Å²) in [4.78, 5) is 0. The molecule has 1 aromatic carbocycles. The van der Waals surface area contributed by atoms with Crippen LogP contribution in [0, 0.1) is 0 Å². The third-order valence-electron chi connectivity index (χ3n) is 3.54. The number of rotatable bonds is 7. The Morgan fingerprint density at radius 1 is 0.577 bits per heavy atom. The van der Waals surface area contributed by atoms with Crippen molar-refractivity contribution >= 4 is 36.5 Å². The summed E-state index contributed by atoms with van der Waals surface area (Å²) in [5.74, 6) is 0. The molecule has 0 heterocycles. The standard InChI is InChI=1S/C22H26.2C2H6/c1-7-13-16-22-18(11-5)17(10-4)20(14-8-2)21(15-9-3)19(22)12-6;2*1-2/h8-16H,4-7H2,1-3H3;2*1-2H3/b14-8-,15-9-,16-13-;;. The second kappa shape index (κ2) is 16.1. The van der Waals surface area contributed by atoms with Crippen molar-refractivity contribution in [2.45, 2.75) is 54.9 Å². The lowest BCUT2D eigenvalue weighted by molar-refractivity contribution is 1.23. The summed E-state index contributed by atoms with van der Waals surface area (Å²) in [6.45, 7) is 26.2. The van der Waals surface area contributed by atoms with Gasteiger partial charge in [-0.3, -0.25) is 0 Å². The van der Waals surface area contributed by atoms with Crippen molar-refractivity contribution in [3.8, 4) is 0 Å². The SMILES string of the molecule is C=Cc1c(C=C)c(/C=C\C)c(/C=C\C)c(C=C)c1/C=C\CC.CC.CC. The summed E-state index contributed by atoms with van der Waals surface area (Å²) in [5.41, 5.74) is 6.85. The smallest absolute Gasteiger partial charge is 0.0103 e. The average molecular weight is 351 g/mol. The lowest BCUT2D eigenvalue weighted by Gasteiger charge is -2.18. The molecule has 0 radical (unpaired) electrons. The van der Waals surface area contributed by atoms with Crippen molar-refractivity contribution in [2.24, 2.45) is 0 Å². The lowest BCUT2D eigenvalue weighted by Crippen LogP contribution is -2.00. The Kier molecular flexibility index (Phi) is 16.1. The van der Waals surface area contributed by atoms with E-state index in [0.29, 0.717) is 0 Å². The molecule has 0 fully saturated rings. The van der Waals surface area contributed by atoms with Crippen LogP contribution < -0.4 is 0 Å². The van der Waals surface area contributed by atoms with Crippen molar-refractivity contribution in [3.63, 3.8) is 0 Å². The van der Waals surface area contributed by atoms with E-state index in [4.69, 9.17) is 0 Å². The van der Waals surface area contributed by atoms with Crippen molar-refractivity contribution in [1.82, 2.24) is 0 Å². The van der Waals surface area contributed by atoms with Gasteiger partial charge < -0.3 is 0 Å². The van der Waals surface area contributed by atoms with E-state index in [0.717, 1.165) is 34.2 Å². The van der Waals surface area contributed by atoms with Crippen molar-refractivity contribution in [3.05, 3.63) is 71.3 Å². The summed E-state index contributed by atoms with van der Waals surface area (Å²) < 4.78 is 0. The van der Waals surface area contributed by atoms with Gasteiger partial charge in [-0.1, -0.05) is 109 Å². The minimum absolute atomic E-state index is 0.992. The van der Waals surface area contributed by atoms with Crippen LogP contribution in [0.3, 0.4) is 0 Å². The molecule has 0 bridgehead atoms. The van der Waals surface area contributed by atoms with Gasteiger partial charge >= 0.3 is 0 Å². The van der Waals surface area contributed by atoms with Crippen LogP contribution in [0.15, 0.2) is 38.0 Å². The molecule has 0 aliphatic heterocycles. The minimum Gasteiger partial charge on any atom is -0.0984 e. The van der Waals surface area contributed by atoms with E-state index in [1.54, 1.807) is 0 Å². The zero-order valence-electron chi connectivity index (χ0n) is 18.0. The Balaban J connectivity index is 0. The maximum atomic E-state index is 4.02. The van der Waals surface area contributed by atoms with E-state index in [1.807, 2.05) is 59.8 Å². The fraction of sp³-hybridized carbons (Fsp3) is 0.308. The number of hydrogen-bond acceptors (Lipinski definition) is 0. The second-order valence-electron chi connectivity index (χ2n) is 4.91. The van der Waals surface area contributed by atoms with Gasteiger partial charge in [-0.25, -0.2) is 0 Å². The van der Waals surface area contributed by atoms with Gasteiger partial charge in [0.2, 0.25) is 0 Å². The van der Waals surface area contributed by atoms with Crippen LogP contribution in [0.1, 0.15) is 88.3 Å². The van der Waals surface area contributed by atoms with Crippen molar-refractivity contribution in [1.29, 1.82) is 0 Å². The second-order valence-corrected chi connectivity index (χ2v) is 4.91. The van der Waals surface area contributed by atoms with Gasteiger partial charge in [0.25, 0.3) is 0 Å². The summed E-state index contributed by atoms with van der Waals surface area (Å²) in [6.07, 6.45) is 19.4. The van der Waals surface area contributed by atoms with Crippen LogP contribution in [0.25, 0.3) is 36.5 Å². The number of allylic oxidation sites excluding steroid dienone is 3. The monoisotopic (exact) mass is 350 g/mol. The van der Waals surface area contributed by atoms with E-state index in [2.05, 4.69) is 63.1 Å². The first-order valence-corrected chi connectivity index (χ1v) is 9.73. The zero-order chi connectivity index (χ0) is 20.5. The lowest BCUT2D eigenvalue weighted by atomic mass is 9.85. The topological polar surface area (TPSA) is 0 Å². The summed E-state index contributed by atoms with van der Waals surface area (Å²) >= 11 is 0. The average Bonchev–Trinajstić information content (AvgIpc) is 2.70. The van der Waals surface area contributed by atoms with Crippen LogP contribution in [0.4, 0.5) is 0 Å². The molecule has 0 aliphatic carbocycles. The molecule has 0 amide bonds. The van der Waals surface area contributed by atoms with Gasteiger partial charge in [-0.05, 0) is 53.6 Å². The molecule has 0 unspecified atom stereocenters. The molecule has 0 atom stereocenters. The Morgan fingerprint density at radius 3 is 1.15 bits per heavy atom. The molecule has 1 rings (SSSR count). The fourth-order valence-corrected chi connectivity index (χ4v) is 2.64. The van der Waals surface area contributed by atoms with Gasteiger partial charge in [-0.2, -0.15) is 0 Å². The van der Waals surface area contributed by atoms with E-state index in [9.17, 15) is 0 Å². The molecule has 0 saturated heterocycles. The molecule has 0 N–H and O–H groups in total. The van der Waals surface area contributed by atoms with Crippen LogP contribution >= 0.6 is 0 Å². The molecule has 0 aliphatic rings. The Morgan fingerprint density at radius 2 is 0.885 bits per heavy atom. The predicted molar refractivity (Wildman–Crippen MR) is 128 cm³/mol. The molecule has 0 saturated carbocycles. The number of hydrogen-bond donors (Lipinski definition) is 0.